The Balaban J connectivity index is 1.65. The molecule has 1 atom stereocenters. The van der Waals surface area contributed by atoms with Crippen molar-refractivity contribution in [2.24, 2.45) is 0 Å². The molecule has 0 radical (unpaired) electrons. The van der Waals surface area contributed by atoms with E-state index < -0.39 is 0 Å². The number of carbonyl (C=O) groups excluding carboxylic acids is 1. The second kappa shape index (κ2) is 8.77. The molecule has 1 aliphatic rings. The molecule has 144 valence electrons. The Bertz CT molecular complexity index is 844. The summed E-state index contributed by atoms with van der Waals surface area (Å²) in [7, 11) is 0. The van der Waals surface area contributed by atoms with Gasteiger partial charge in [0.1, 0.15) is 5.56 Å². The molecule has 2 aromatic rings. The van der Waals surface area contributed by atoms with Crippen LogP contribution in [0.2, 0.25) is 0 Å². The molecular formula is C19H25N5O3. The molecule has 1 aliphatic heterocycles. The summed E-state index contributed by atoms with van der Waals surface area (Å²) in [6.45, 7) is 5.71. The zero-order valence-electron chi connectivity index (χ0n) is 15.7. The number of carbonyl (C=O) groups is 1. The predicted octanol–water partition coefficient (Wildman–Crippen LogP) is 1.28. The fraction of sp³-hybridized carbons (Fsp3) is 0.474. The van der Waals surface area contributed by atoms with Gasteiger partial charge >= 0.3 is 0 Å². The summed E-state index contributed by atoms with van der Waals surface area (Å²) in [4.78, 5) is 33.6. The van der Waals surface area contributed by atoms with E-state index >= 15 is 0 Å². The molecular weight excluding hydrogens is 346 g/mol. The fourth-order valence-electron chi connectivity index (χ4n) is 3.25. The Morgan fingerprint density at radius 2 is 2.07 bits per heavy atom. The van der Waals surface area contributed by atoms with Crippen LogP contribution in [-0.2, 0) is 11.3 Å². The van der Waals surface area contributed by atoms with Crippen LogP contribution in [0.15, 0.2) is 29.3 Å². The van der Waals surface area contributed by atoms with Crippen LogP contribution in [0.3, 0.4) is 0 Å². The Morgan fingerprint density at radius 1 is 1.30 bits per heavy atom. The van der Waals surface area contributed by atoms with Gasteiger partial charge in [-0.25, -0.2) is 9.97 Å². The summed E-state index contributed by atoms with van der Waals surface area (Å²) in [5.74, 6) is 0.131. The first-order valence-electron chi connectivity index (χ1n) is 9.18. The minimum Gasteiger partial charge on any atom is -0.376 e. The quantitative estimate of drug-likeness (QED) is 0.712. The average Bonchev–Trinajstić information content (AvgIpc) is 3.16. The van der Waals surface area contributed by atoms with E-state index in [0.29, 0.717) is 31.1 Å². The maximum absolute atomic E-state index is 12.9. The molecule has 0 aliphatic carbocycles. The molecule has 0 aromatic carbocycles. The van der Waals surface area contributed by atoms with Crippen molar-refractivity contribution in [1.82, 2.24) is 19.9 Å². The first kappa shape index (κ1) is 19.0. The van der Waals surface area contributed by atoms with Crippen molar-refractivity contribution < 1.29 is 9.53 Å². The van der Waals surface area contributed by atoms with Gasteiger partial charge in [0.2, 0.25) is 5.95 Å². The second-order valence-electron chi connectivity index (χ2n) is 6.65. The van der Waals surface area contributed by atoms with Crippen molar-refractivity contribution in [3.63, 3.8) is 0 Å². The third-order valence-corrected chi connectivity index (χ3v) is 4.60. The number of ether oxygens (including phenoxy) is 1. The Morgan fingerprint density at radius 3 is 2.78 bits per heavy atom. The van der Waals surface area contributed by atoms with Gasteiger partial charge in [-0.1, -0.05) is 0 Å². The van der Waals surface area contributed by atoms with Gasteiger partial charge in [0.05, 0.1) is 12.6 Å². The van der Waals surface area contributed by atoms with Crippen molar-refractivity contribution in [1.29, 1.82) is 0 Å². The van der Waals surface area contributed by atoms with E-state index in [2.05, 4.69) is 20.6 Å². The average molecular weight is 371 g/mol. The molecule has 0 spiro atoms. The lowest BCUT2D eigenvalue weighted by molar-refractivity contribution is 0.0928. The van der Waals surface area contributed by atoms with Crippen LogP contribution in [0.5, 0.6) is 0 Å². The summed E-state index contributed by atoms with van der Waals surface area (Å²) in [6, 6.07) is 3.61. The topological polar surface area (TPSA) is 98.1 Å². The molecule has 0 bridgehead atoms. The van der Waals surface area contributed by atoms with Crippen LogP contribution < -0.4 is 16.2 Å². The molecule has 1 saturated heterocycles. The maximum Gasteiger partial charge on any atom is 0.263 e. The van der Waals surface area contributed by atoms with E-state index in [4.69, 9.17) is 4.74 Å². The first-order valence-corrected chi connectivity index (χ1v) is 9.18. The number of rotatable bonds is 7. The molecule has 1 fully saturated rings. The van der Waals surface area contributed by atoms with Crippen LogP contribution in [0.4, 0.5) is 5.95 Å². The first-order chi connectivity index (χ1) is 13.1. The van der Waals surface area contributed by atoms with Crippen LogP contribution in [0, 0.1) is 13.8 Å². The lowest BCUT2D eigenvalue weighted by Crippen LogP contribution is -2.38. The lowest BCUT2D eigenvalue weighted by Gasteiger charge is -2.17. The third kappa shape index (κ3) is 4.71. The minimum absolute atomic E-state index is 0.0371. The molecule has 8 nitrogen and oxygen atoms in total. The molecule has 3 rings (SSSR count). The number of hydrogen-bond acceptors (Lipinski definition) is 6. The molecule has 2 N–H and O–H groups in total. The Kier molecular flexibility index (Phi) is 6.18. The summed E-state index contributed by atoms with van der Waals surface area (Å²) in [5.41, 5.74) is 1.44. The van der Waals surface area contributed by atoms with E-state index in [0.717, 1.165) is 25.1 Å². The van der Waals surface area contributed by atoms with Gasteiger partial charge in [-0.15, -0.1) is 0 Å². The monoisotopic (exact) mass is 371 g/mol. The molecule has 1 amide bonds. The Hall–Kier alpha value is -2.74. The van der Waals surface area contributed by atoms with Gasteiger partial charge in [-0.05, 0) is 44.4 Å². The number of nitrogens with one attached hydrogen (secondary N) is 2. The molecule has 0 saturated carbocycles. The van der Waals surface area contributed by atoms with Crippen LogP contribution in [-0.4, -0.2) is 46.2 Å². The Labute approximate surface area is 158 Å². The number of hydrogen-bond donors (Lipinski definition) is 2. The standard InChI is InChI=1S/C19H25N5O3/c1-13-11-14(2)24(12-15-5-3-10-27-15)18(26)16(13)17(25)20-8-9-23-19-21-6-4-7-22-19/h4,6-7,11,15H,3,5,8-10,12H2,1-2H3,(H,20,25)(H,21,22,23)/t15-/m0/s1. The van der Waals surface area contributed by atoms with Gasteiger partial charge in [-0.3, -0.25) is 9.59 Å². The zero-order valence-corrected chi connectivity index (χ0v) is 15.7. The SMILES string of the molecule is Cc1cc(C)n(C[C@@H]2CCCO2)c(=O)c1C(=O)NCCNc1ncccn1. The number of nitrogens with zero attached hydrogens (tertiary/aromatic N) is 3. The molecule has 0 unspecified atom stereocenters. The van der Waals surface area contributed by atoms with Crippen molar-refractivity contribution in [3.8, 4) is 0 Å². The molecule has 2 aromatic heterocycles. The maximum atomic E-state index is 12.9. The van der Waals surface area contributed by atoms with Crippen LogP contribution in [0.1, 0.15) is 34.5 Å². The normalized spacial score (nSPS) is 16.3. The van der Waals surface area contributed by atoms with Gasteiger partial charge in [-0.2, -0.15) is 0 Å². The number of aromatic nitrogens is 3. The zero-order chi connectivity index (χ0) is 19.2. The lowest BCUT2D eigenvalue weighted by atomic mass is 10.1. The highest BCUT2D eigenvalue weighted by Crippen LogP contribution is 2.15. The fourth-order valence-corrected chi connectivity index (χ4v) is 3.25. The van der Waals surface area contributed by atoms with Gasteiger partial charge in [0.15, 0.2) is 0 Å². The van der Waals surface area contributed by atoms with Crippen molar-refractivity contribution >= 4 is 11.9 Å². The number of aryl methyl sites for hydroxylation is 2. The van der Waals surface area contributed by atoms with E-state index in [1.165, 1.54) is 0 Å². The summed E-state index contributed by atoms with van der Waals surface area (Å²) in [5, 5.41) is 5.80. The van der Waals surface area contributed by atoms with Gasteiger partial charge in [0, 0.05) is 37.8 Å². The summed E-state index contributed by atoms with van der Waals surface area (Å²) in [6.07, 6.45) is 5.26. The molecule has 3 heterocycles. The van der Waals surface area contributed by atoms with E-state index in [9.17, 15) is 9.59 Å². The highest BCUT2D eigenvalue weighted by Gasteiger charge is 2.21. The highest BCUT2D eigenvalue weighted by atomic mass is 16.5. The van der Waals surface area contributed by atoms with Gasteiger partial charge in [0.25, 0.3) is 11.5 Å². The highest BCUT2D eigenvalue weighted by molar-refractivity contribution is 5.95. The third-order valence-electron chi connectivity index (χ3n) is 4.60. The van der Waals surface area contributed by atoms with Crippen LogP contribution in [0.25, 0.3) is 0 Å². The minimum atomic E-state index is -0.366. The van der Waals surface area contributed by atoms with Crippen molar-refractivity contribution in [3.05, 3.63) is 51.7 Å². The van der Waals surface area contributed by atoms with Crippen LogP contribution >= 0.6 is 0 Å². The van der Waals surface area contributed by atoms with Gasteiger partial charge < -0.3 is 19.9 Å². The number of pyridine rings is 1. The molecule has 27 heavy (non-hydrogen) atoms. The number of amides is 1. The predicted molar refractivity (Wildman–Crippen MR) is 102 cm³/mol. The number of anilines is 1. The molecule has 8 heteroatoms. The largest absolute Gasteiger partial charge is 0.376 e. The summed E-state index contributed by atoms with van der Waals surface area (Å²) < 4.78 is 7.29. The van der Waals surface area contributed by atoms with E-state index in [-0.39, 0.29) is 23.1 Å². The second-order valence-corrected chi connectivity index (χ2v) is 6.65. The summed E-state index contributed by atoms with van der Waals surface area (Å²) >= 11 is 0. The van der Waals surface area contributed by atoms with Crippen molar-refractivity contribution in [2.75, 3.05) is 25.0 Å². The van der Waals surface area contributed by atoms with Crippen molar-refractivity contribution in [2.45, 2.75) is 39.3 Å². The van der Waals surface area contributed by atoms with E-state index in [1.807, 2.05) is 13.0 Å². The van der Waals surface area contributed by atoms with E-state index in [1.54, 1.807) is 30.0 Å². The smallest absolute Gasteiger partial charge is 0.263 e.